The van der Waals surface area contributed by atoms with Crippen LogP contribution in [-0.2, 0) is 14.3 Å². The van der Waals surface area contributed by atoms with Crippen molar-refractivity contribution in [3.8, 4) is 5.75 Å². The molecule has 33 heavy (non-hydrogen) atoms. The second-order valence-electron chi connectivity index (χ2n) is 8.59. The smallest absolute Gasteiger partial charge is 0.321 e. The predicted octanol–water partition coefficient (Wildman–Crippen LogP) is 4.60. The fourth-order valence-corrected chi connectivity index (χ4v) is 4.44. The molecule has 1 aromatic heterocycles. The Hall–Kier alpha value is -3.35. The van der Waals surface area contributed by atoms with Gasteiger partial charge in [-0.2, -0.15) is 0 Å². The van der Waals surface area contributed by atoms with Crippen LogP contribution in [0.1, 0.15) is 45.7 Å². The van der Waals surface area contributed by atoms with Crippen LogP contribution in [0.15, 0.2) is 48.5 Å². The average Bonchev–Trinajstić information content (AvgIpc) is 3.17. The Labute approximate surface area is 194 Å². The van der Waals surface area contributed by atoms with Gasteiger partial charge in [0.1, 0.15) is 5.75 Å². The van der Waals surface area contributed by atoms with Crippen molar-refractivity contribution in [2.24, 2.45) is 11.8 Å². The van der Waals surface area contributed by atoms with Gasteiger partial charge in [0.15, 0.2) is 5.92 Å². The summed E-state index contributed by atoms with van der Waals surface area (Å²) in [7, 11) is 0. The number of hydrogen-bond acceptors (Lipinski definition) is 5. The number of carbonyl (C=O) groups excluding carboxylic acids is 2. The number of carbonyl (C=O) groups is 2. The molecule has 1 aliphatic heterocycles. The Kier molecular flexibility index (Phi) is 6.67. The topological polar surface area (TPSA) is 73.7 Å². The lowest BCUT2D eigenvalue weighted by molar-refractivity contribution is -0.153. The number of nitrogens with zero attached hydrogens (tertiary/aromatic N) is 3. The fraction of sp³-hybridized carbons (Fsp3) is 0.423. The number of aromatic nitrogens is 2. The first kappa shape index (κ1) is 22.8. The van der Waals surface area contributed by atoms with Gasteiger partial charge >= 0.3 is 5.97 Å². The molecule has 0 radical (unpaired) electrons. The molecule has 0 unspecified atom stereocenters. The number of hydrogen-bond donors (Lipinski definition) is 0. The average molecular weight is 450 g/mol. The van der Waals surface area contributed by atoms with Crippen LogP contribution < -0.4 is 9.64 Å². The number of esters is 1. The number of benzene rings is 2. The van der Waals surface area contributed by atoms with E-state index in [4.69, 9.17) is 14.5 Å². The molecule has 3 aromatic rings. The van der Waals surface area contributed by atoms with Crippen molar-refractivity contribution in [1.29, 1.82) is 0 Å². The third kappa shape index (κ3) is 4.19. The minimum atomic E-state index is -1.04. The second-order valence-corrected chi connectivity index (χ2v) is 8.59. The zero-order valence-electron chi connectivity index (χ0n) is 19.7. The molecule has 4 rings (SSSR count). The van der Waals surface area contributed by atoms with E-state index in [1.807, 2.05) is 60.0 Å². The molecule has 0 saturated carbocycles. The summed E-state index contributed by atoms with van der Waals surface area (Å²) in [5, 5.41) is 0. The molecule has 1 aliphatic rings. The van der Waals surface area contributed by atoms with Gasteiger partial charge in [-0.1, -0.05) is 44.2 Å². The molecule has 0 aliphatic carbocycles. The maximum absolute atomic E-state index is 13.9. The van der Waals surface area contributed by atoms with E-state index in [1.54, 1.807) is 11.8 Å². The van der Waals surface area contributed by atoms with Gasteiger partial charge in [-0.3, -0.25) is 14.5 Å². The molecular formula is C26H31N3O4. The van der Waals surface area contributed by atoms with Gasteiger partial charge in [0, 0.05) is 12.1 Å². The van der Waals surface area contributed by atoms with Crippen molar-refractivity contribution in [3.05, 3.63) is 54.1 Å². The van der Waals surface area contributed by atoms with E-state index in [0.717, 1.165) is 23.0 Å². The summed E-state index contributed by atoms with van der Waals surface area (Å²) < 4.78 is 13.3. The Morgan fingerprint density at radius 3 is 2.52 bits per heavy atom. The minimum absolute atomic E-state index is 0.200. The second kappa shape index (κ2) is 9.65. The Morgan fingerprint density at radius 1 is 1.06 bits per heavy atom. The normalized spacial score (nSPS) is 18.0. The van der Waals surface area contributed by atoms with Gasteiger partial charge in [0.25, 0.3) is 0 Å². The summed E-state index contributed by atoms with van der Waals surface area (Å²) in [6.45, 7) is 9.05. The summed E-state index contributed by atoms with van der Waals surface area (Å²) in [5.74, 6) is -0.257. The Bertz CT molecular complexity index is 1150. The van der Waals surface area contributed by atoms with Crippen LogP contribution in [0.5, 0.6) is 5.75 Å². The van der Waals surface area contributed by atoms with E-state index in [1.165, 1.54) is 0 Å². The fourth-order valence-electron chi connectivity index (χ4n) is 4.44. The van der Waals surface area contributed by atoms with Crippen LogP contribution in [-0.4, -0.2) is 41.2 Å². The molecule has 7 nitrogen and oxygen atoms in total. The quantitative estimate of drug-likeness (QED) is 0.371. The highest BCUT2D eigenvalue weighted by Crippen LogP contribution is 2.44. The van der Waals surface area contributed by atoms with E-state index in [2.05, 4.69) is 13.8 Å². The van der Waals surface area contributed by atoms with E-state index >= 15 is 0 Å². The van der Waals surface area contributed by atoms with Crippen molar-refractivity contribution in [3.63, 3.8) is 0 Å². The van der Waals surface area contributed by atoms with Crippen molar-refractivity contribution in [1.82, 2.24) is 9.55 Å². The van der Waals surface area contributed by atoms with E-state index < -0.39 is 17.9 Å². The van der Waals surface area contributed by atoms with E-state index in [0.29, 0.717) is 30.8 Å². The third-order valence-electron chi connectivity index (χ3n) is 5.95. The van der Waals surface area contributed by atoms with E-state index in [-0.39, 0.29) is 12.5 Å². The maximum atomic E-state index is 13.9. The molecule has 1 amide bonds. The zero-order chi connectivity index (χ0) is 23.5. The number of imidazole rings is 1. The van der Waals surface area contributed by atoms with Gasteiger partial charge < -0.3 is 14.0 Å². The van der Waals surface area contributed by atoms with Crippen LogP contribution in [0, 0.1) is 11.8 Å². The van der Waals surface area contributed by atoms with Gasteiger partial charge in [-0.25, -0.2) is 4.98 Å². The molecule has 0 spiro atoms. The number of fused-ring (bicyclic) bond motifs is 3. The minimum Gasteiger partial charge on any atom is -0.494 e. The zero-order valence-corrected chi connectivity index (χ0v) is 19.7. The largest absolute Gasteiger partial charge is 0.494 e. The molecule has 2 atom stereocenters. The number of anilines is 1. The van der Waals surface area contributed by atoms with Crippen molar-refractivity contribution in [2.75, 3.05) is 24.7 Å². The van der Waals surface area contributed by atoms with Gasteiger partial charge in [-0.15, -0.1) is 0 Å². The highest BCUT2D eigenvalue weighted by Gasteiger charge is 2.48. The summed E-state index contributed by atoms with van der Waals surface area (Å²) in [6.07, 6.45) is 0.796. The van der Waals surface area contributed by atoms with Gasteiger partial charge in [0.05, 0.1) is 30.3 Å². The lowest BCUT2D eigenvalue weighted by Crippen LogP contribution is -2.50. The monoisotopic (exact) mass is 449 g/mol. The number of ether oxygens (including phenoxy) is 2. The van der Waals surface area contributed by atoms with Crippen LogP contribution in [0.2, 0.25) is 0 Å². The SMILES string of the molecule is CCOC(=O)[C@@H]1C(=O)N(CCC(C)C)c2nc3ccccc3n2[C@@H]1c1ccccc1OCC. The highest BCUT2D eigenvalue weighted by atomic mass is 16.5. The Balaban J connectivity index is 1.98. The molecule has 2 aromatic carbocycles. The van der Waals surface area contributed by atoms with Gasteiger partial charge in [-0.05, 0) is 44.4 Å². The molecule has 0 saturated heterocycles. The van der Waals surface area contributed by atoms with Crippen LogP contribution in [0.25, 0.3) is 11.0 Å². The van der Waals surface area contributed by atoms with Crippen molar-refractivity contribution in [2.45, 2.75) is 40.2 Å². The van der Waals surface area contributed by atoms with Gasteiger partial charge in [0.2, 0.25) is 11.9 Å². The standard InChI is InChI=1S/C26H31N3O4/c1-5-32-21-14-10-7-11-18(21)23-22(25(31)33-6-2)24(30)28(16-15-17(3)4)26-27-19-12-8-9-13-20(19)29(23)26/h7-14,17,22-23H,5-6,15-16H2,1-4H3/t22-,23+/m0/s1. The molecule has 0 N–H and O–H groups in total. The van der Waals surface area contributed by atoms with Crippen LogP contribution in [0.4, 0.5) is 5.95 Å². The highest BCUT2D eigenvalue weighted by molar-refractivity contribution is 6.08. The third-order valence-corrected chi connectivity index (χ3v) is 5.95. The van der Waals surface area contributed by atoms with Crippen LogP contribution >= 0.6 is 0 Å². The molecule has 7 heteroatoms. The lowest BCUT2D eigenvalue weighted by Gasteiger charge is -2.38. The predicted molar refractivity (Wildman–Crippen MR) is 127 cm³/mol. The first-order valence-corrected chi connectivity index (χ1v) is 11.6. The molecule has 2 heterocycles. The summed E-state index contributed by atoms with van der Waals surface area (Å²) in [5.41, 5.74) is 2.40. The molecule has 0 fully saturated rings. The first-order valence-electron chi connectivity index (χ1n) is 11.6. The van der Waals surface area contributed by atoms with Crippen LogP contribution in [0.3, 0.4) is 0 Å². The van der Waals surface area contributed by atoms with Crippen molar-refractivity contribution >= 4 is 28.9 Å². The Morgan fingerprint density at radius 2 is 1.79 bits per heavy atom. The lowest BCUT2D eigenvalue weighted by atomic mass is 9.88. The summed E-state index contributed by atoms with van der Waals surface area (Å²) in [4.78, 5) is 33.6. The molecule has 174 valence electrons. The van der Waals surface area contributed by atoms with Crippen molar-refractivity contribution < 1.29 is 19.1 Å². The number of para-hydroxylation sites is 3. The van der Waals surface area contributed by atoms with E-state index in [9.17, 15) is 9.59 Å². The molecular weight excluding hydrogens is 418 g/mol. The number of rotatable bonds is 8. The number of amides is 1. The maximum Gasteiger partial charge on any atom is 0.321 e. The first-order chi connectivity index (χ1) is 16.0. The summed E-state index contributed by atoms with van der Waals surface area (Å²) >= 11 is 0. The summed E-state index contributed by atoms with van der Waals surface area (Å²) in [6, 6.07) is 14.7. The molecule has 0 bridgehead atoms.